The molecule has 0 radical (unpaired) electrons. The molecule has 0 saturated heterocycles. The van der Waals surface area contributed by atoms with Crippen molar-refractivity contribution in [3.63, 3.8) is 0 Å². The van der Waals surface area contributed by atoms with E-state index in [0.29, 0.717) is 15.6 Å². The third-order valence-electron chi connectivity index (χ3n) is 2.86. The van der Waals surface area contributed by atoms with E-state index >= 15 is 0 Å². The average molecular weight is 353 g/mol. The summed E-state index contributed by atoms with van der Waals surface area (Å²) in [5, 5.41) is 4.94. The van der Waals surface area contributed by atoms with E-state index in [9.17, 15) is 14.4 Å². The van der Waals surface area contributed by atoms with Gasteiger partial charge in [-0.2, -0.15) is 0 Å². The molecule has 1 heterocycles. The van der Waals surface area contributed by atoms with Crippen LogP contribution in [0.1, 0.15) is 27.6 Å². The molecule has 0 saturated carbocycles. The van der Waals surface area contributed by atoms with Crippen LogP contribution in [0.25, 0.3) is 0 Å². The van der Waals surface area contributed by atoms with Crippen LogP contribution in [-0.4, -0.2) is 24.2 Å². The normalized spacial score (nSPS) is 10.2. The van der Waals surface area contributed by atoms with E-state index in [1.54, 1.807) is 11.4 Å². The number of anilines is 1. The Balaban J connectivity index is 2.04. The number of halogens is 1. The van der Waals surface area contributed by atoms with E-state index in [2.05, 4.69) is 5.32 Å². The first kappa shape index (κ1) is 17.0. The zero-order valence-corrected chi connectivity index (χ0v) is 13.7. The molecular formula is C15H13ClN2O4S. The molecule has 2 rings (SSSR count). The fourth-order valence-corrected chi connectivity index (χ4v) is 2.79. The molecule has 6 nitrogen and oxygen atoms in total. The lowest BCUT2D eigenvalue weighted by atomic mass is 10.1. The molecule has 120 valence electrons. The Labute approximate surface area is 141 Å². The van der Waals surface area contributed by atoms with E-state index in [0.717, 1.165) is 0 Å². The first-order valence-corrected chi connectivity index (χ1v) is 7.74. The van der Waals surface area contributed by atoms with E-state index in [1.807, 2.05) is 0 Å². The summed E-state index contributed by atoms with van der Waals surface area (Å²) in [5.74, 6) is -1.06. The van der Waals surface area contributed by atoms with Gasteiger partial charge in [0.05, 0.1) is 11.1 Å². The monoisotopic (exact) mass is 352 g/mol. The Morgan fingerprint density at radius 1 is 1.26 bits per heavy atom. The van der Waals surface area contributed by atoms with Crippen LogP contribution < -0.4 is 15.8 Å². The summed E-state index contributed by atoms with van der Waals surface area (Å²) in [6, 6.07) is 6.08. The summed E-state index contributed by atoms with van der Waals surface area (Å²) in [6.45, 7) is 1.06. The van der Waals surface area contributed by atoms with Crippen molar-refractivity contribution in [3.05, 3.63) is 45.8 Å². The standard InChI is InChI=1S/C15H13ClN2O4S/c1-8(19)11-6-9(16)2-3-12(11)22-7-13(20)18-15-10(14(17)21)4-5-23-15/h2-6H,7H2,1H3,(H2,17,21)(H,18,20). The molecule has 2 aromatic rings. The Kier molecular flexibility index (Phi) is 5.36. The highest BCUT2D eigenvalue weighted by molar-refractivity contribution is 7.14. The molecule has 0 fully saturated rings. The lowest BCUT2D eigenvalue weighted by Gasteiger charge is -2.10. The zero-order chi connectivity index (χ0) is 17.0. The number of nitrogens with two attached hydrogens (primary N) is 1. The van der Waals surface area contributed by atoms with Crippen molar-refractivity contribution in [2.24, 2.45) is 5.73 Å². The van der Waals surface area contributed by atoms with Crippen molar-refractivity contribution in [1.29, 1.82) is 0 Å². The number of ketones is 1. The zero-order valence-electron chi connectivity index (χ0n) is 12.1. The first-order valence-electron chi connectivity index (χ1n) is 6.49. The molecule has 1 aromatic heterocycles. The minimum absolute atomic E-state index is 0.225. The Morgan fingerprint density at radius 3 is 2.65 bits per heavy atom. The number of primary amides is 1. The number of carbonyl (C=O) groups is 3. The number of ether oxygens (including phenoxy) is 1. The Hall–Kier alpha value is -2.38. The van der Waals surface area contributed by atoms with Crippen molar-refractivity contribution < 1.29 is 19.1 Å². The summed E-state index contributed by atoms with van der Waals surface area (Å²) < 4.78 is 5.36. The smallest absolute Gasteiger partial charge is 0.262 e. The Bertz CT molecular complexity index is 773. The molecule has 23 heavy (non-hydrogen) atoms. The van der Waals surface area contributed by atoms with Crippen LogP contribution in [0.2, 0.25) is 5.02 Å². The highest BCUT2D eigenvalue weighted by Crippen LogP contribution is 2.24. The van der Waals surface area contributed by atoms with Crippen molar-refractivity contribution in [2.75, 3.05) is 11.9 Å². The van der Waals surface area contributed by atoms with E-state index in [-0.39, 0.29) is 23.7 Å². The van der Waals surface area contributed by atoms with Gasteiger partial charge in [-0.05, 0) is 36.6 Å². The van der Waals surface area contributed by atoms with Crippen LogP contribution >= 0.6 is 22.9 Å². The van der Waals surface area contributed by atoms with Gasteiger partial charge in [-0.15, -0.1) is 11.3 Å². The van der Waals surface area contributed by atoms with Gasteiger partial charge in [0.2, 0.25) is 0 Å². The quantitative estimate of drug-likeness (QED) is 0.781. The maximum absolute atomic E-state index is 11.9. The highest BCUT2D eigenvalue weighted by Gasteiger charge is 2.14. The molecule has 0 aliphatic rings. The van der Waals surface area contributed by atoms with Crippen molar-refractivity contribution >= 4 is 45.5 Å². The van der Waals surface area contributed by atoms with Gasteiger partial charge in [-0.25, -0.2) is 0 Å². The number of thiophene rings is 1. The second-order valence-electron chi connectivity index (χ2n) is 4.56. The predicted molar refractivity (Wildman–Crippen MR) is 88.4 cm³/mol. The largest absolute Gasteiger partial charge is 0.483 e. The van der Waals surface area contributed by atoms with Gasteiger partial charge in [0, 0.05) is 5.02 Å². The van der Waals surface area contributed by atoms with Gasteiger partial charge in [0.25, 0.3) is 11.8 Å². The molecular weight excluding hydrogens is 340 g/mol. The van der Waals surface area contributed by atoms with Gasteiger partial charge < -0.3 is 15.8 Å². The number of carbonyl (C=O) groups excluding carboxylic acids is 3. The van der Waals surface area contributed by atoms with Crippen LogP contribution in [0.15, 0.2) is 29.6 Å². The topological polar surface area (TPSA) is 98.5 Å². The molecule has 8 heteroatoms. The molecule has 2 amide bonds. The van der Waals surface area contributed by atoms with Gasteiger partial charge in [0.1, 0.15) is 10.8 Å². The summed E-state index contributed by atoms with van der Waals surface area (Å²) >= 11 is 7.01. The number of hydrogen-bond acceptors (Lipinski definition) is 5. The van der Waals surface area contributed by atoms with Crippen LogP contribution in [0, 0.1) is 0 Å². The van der Waals surface area contributed by atoms with E-state index < -0.39 is 11.8 Å². The number of amides is 2. The molecule has 0 aliphatic carbocycles. The number of rotatable bonds is 6. The lowest BCUT2D eigenvalue weighted by Crippen LogP contribution is -2.22. The fraction of sp³-hybridized carbons (Fsp3) is 0.133. The fourth-order valence-electron chi connectivity index (χ4n) is 1.81. The molecule has 0 aliphatic heterocycles. The van der Waals surface area contributed by atoms with Crippen LogP contribution in [-0.2, 0) is 4.79 Å². The Morgan fingerprint density at radius 2 is 2.00 bits per heavy atom. The van der Waals surface area contributed by atoms with Crippen molar-refractivity contribution in [3.8, 4) is 5.75 Å². The maximum atomic E-state index is 11.9. The average Bonchev–Trinajstić information content (AvgIpc) is 2.94. The minimum Gasteiger partial charge on any atom is -0.483 e. The number of benzene rings is 1. The summed E-state index contributed by atoms with van der Waals surface area (Å²) in [6.07, 6.45) is 0. The molecule has 0 unspecified atom stereocenters. The van der Waals surface area contributed by atoms with Gasteiger partial charge in [0.15, 0.2) is 12.4 Å². The van der Waals surface area contributed by atoms with Crippen LogP contribution in [0.3, 0.4) is 0 Å². The van der Waals surface area contributed by atoms with Crippen LogP contribution in [0.5, 0.6) is 5.75 Å². The lowest BCUT2D eigenvalue weighted by molar-refractivity contribution is -0.118. The number of nitrogens with one attached hydrogen (secondary N) is 1. The third-order valence-corrected chi connectivity index (χ3v) is 3.93. The van der Waals surface area contributed by atoms with Crippen molar-refractivity contribution in [1.82, 2.24) is 0 Å². The molecule has 0 spiro atoms. The molecule has 0 bridgehead atoms. The van der Waals surface area contributed by atoms with Gasteiger partial charge in [-0.3, -0.25) is 14.4 Å². The maximum Gasteiger partial charge on any atom is 0.262 e. The second-order valence-corrected chi connectivity index (χ2v) is 5.91. The minimum atomic E-state index is -0.626. The van der Waals surface area contributed by atoms with Crippen LogP contribution in [0.4, 0.5) is 5.00 Å². The SMILES string of the molecule is CC(=O)c1cc(Cl)ccc1OCC(=O)Nc1sccc1C(N)=O. The number of Topliss-reactive ketones (excluding diaryl/α,β-unsaturated/α-hetero) is 1. The summed E-state index contributed by atoms with van der Waals surface area (Å²) in [7, 11) is 0. The summed E-state index contributed by atoms with van der Waals surface area (Å²) in [5.41, 5.74) is 5.73. The number of hydrogen-bond donors (Lipinski definition) is 2. The highest BCUT2D eigenvalue weighted by atomic mass is 35.5. The molecule has 3 N–H and O–H groups in total. The molecule has 0 atom stereocenters. The van der Waals surface area contributed by atoms with E-state index in [4.69, 9.17) is 22.1 Å². The third kappa shape index (κ3) is 4.30. The first-order chi connectivity index (χ1) is 10.9. The second kappa shape index (κ2) is 7.26. The van der Waals surface area contributed by atoms with Gasteiger partial charge >= 0.3 is 0 Å². The van der Waals surface area contributed by atoms with Crippen molar-refractivity contribution in [2.45, 2.75) is 6.92 Å². The predicted octanol–water partition coefficient (Wildman–Crippen LogP) is 2.72. The molecule has 1 aromatic carbocycles. The van der Waals surface area contributed by atoms with Gasteiger partial charge in [-0.1, -0.05) is 11.6 Å². The van der Waals surface area contributed by atoms with E-state index in [1.165, 1.54) is 36.5 Å². The summed E-state index contributed by atoms with van der Waals surface area (Å²) in [4.78, 5) is 34.7.